The number of halogens is 1. The van der Waals surface area contributed by atoms with Crippen LogP contribution in [-0.2, 0) is 0 Å². The summed E-state index contributed by atoms with van der Waals surface area (Å²) >= 11 is 0. The fraction of sp³-hybridized carbons (Fsp3) is 0.250. The largest absolute Gasteiger partial charge is 0.362 e. The lowest BCUT2D eigenvalue weighted by molar-refractivity contribution is 0.112. The minimum atomic E-state index is -0.579. The van der Waals surface area contributed by atoms with Crippen molar-refractivity contribution in [3.8, 4) is 0 Å². The standard InChI is InChI=1S/C8H9FN2O/c1-11(2)8-6(5-12)3-4-7(9)10-8/h3-5H,1-2H3. The second-order valence-corrected chi connectivity index (χ2v) is 2.56. The zero-order valence-corrected chi connectivity index (χ0v) is 6.91. The van der Waals surface area contributed by atoms with Crippen LogP contribution in [0, 0.1) is 5.95 Å². The van der Waals surface area contributed by atoms with Gasteiger partial charge in [0.05, 0.1) is 5.56 Å². The highest BCUT2D eigenvalue weighted by molar-refractivity contribution is 5.82. The topological polar surface area (TPSA) is 33.2 Å². The number of carbonyl (C=O) groups excluding carboxylic acids is 1. The third kappa shape index (κ3) is 1.58. The van der Waals surface area contributed by atoms with Crippen molar-refractivity contribution >= 4 is 12.1 Å². The van der Waals surface area contributed by atoms with Gasteiger partial charge in [0.2, 0.25) is 5.95 Å². The Labute approximate surface area is 69.8 Å². The molecule has 4 heteroatoms. The first kappa shape index (κ1) is 8.64. The third-order valence-corrected chi connectivity index (χ3v) is 1.42. The summed E-state index contributed by atoms with van der Waals surface area (Å²) in [6, 6.07) is 2.57. The number of aromatic nitrogens is 1. The molecule has 0 aromatic carbocycles. The van der Waals surface area contributed by atoms with Crippen LogP contribution in [0.2, 0.25) is 0 Å². The van der Waals surface area contributed by atoms with E-state index < -0.39 is 5.95 Å². The molecule has 0 saturated heterocycles. The van der Waals surface area contributed by atoms with Crippen molar-refractivity contribution in [2.24, 2.45) is 0 Å². The van der Waals surface area contributed by atoms with Crippen LogP contribution in [0.4, 0.5) is 10.2 Å². The van der Waals surface area contributed by atoms with Crippen molar-refractivity contribution in [1.82, 2.24) is 4.98 Å². The molecular formula is C8H9FN2O. The maximum atomic E-state index is 12.6. The first-order chi connectivity index (χ1) is 5.65. The van der Waals surface area contributed by atoms with Crippen molar-refractivity contribution in [2.75, 3.05) is 19.0 Å². The summed E-state index contributed by atoms with van der Waals surface area (Å²) < 4.78 is 12.6. The summed E-state index contributed by atoms with van der Waals surface area (Å²) in [6.07, 6.45) is 0.655. The van der Waals surface area contributed by atoms with E-state index in [4.69, 9.17) is 0 Å². The Morgan fingerprint density at radius 2 is 2.17 bits per heavy atom. The van der Waals surface area contributed by atoms with E-state index in [0.717, 1.165) is 6.07 Å². The van der Waals surface area contributed by atoms with Gasteiger partial charge in [0.15, 0.2) is 6.29 Å². The monoisotopic (exact) mass is 168 g/mol. The summed E-state index contributed by atoms with van der Waals surface area (Å²) in [6.45, 7) is 0. The number of anilines is 1. The minimum absolute atomic E-state index is 0.352. The second kappa shape index (κ2) is 3.30. The molecule has 0 bridgehead atoms. The van der Waals surface area contributed by atoms with E-state index in [2.05, 4.69) is 4.98 Å². The minimum Gasteiger partial charge on any atom is -0.362 e. The van der Waals surface area contributed by atoms with Crippen molar-refractivity contribution in [3.63, 3.8) is 0 Å². The van der Waals surface area contributed by atoms with Crippen LogP contribution in [0.1, 0.15) is 10.4 Å². The van der Waals surface area contributed by atoms with Crippen molar-refractivity contribution < 1.29 is 9.18 Å². The zero-order chi connectivity index (χ0) is 9.14. The molecule has 0 aliphatic carbocycles. The number of pyridine rings is 1. The molecule has 0 radical (unpaired) electrons. The van der Waals surface area contributed by atoms with E-state index in [1.54, 1.807) is 19.0 Å². The van der Waals surface area contributed by atoms with Gasteiger partial charge in [-0.05, 0) is 12.1 Å². The van der Waals surface area contributed by atoms with Crippen LogP contribution in [0.25, 0.3) is 0 Å². The van der Waals surface area contributed by atoms with Gasteiger partial charge in [0.1, 0.15) is 5.82 Å². The molecule has 0 fully saturated rings. The number of rotatable bonds is 2. The highest BCUT2D eigenvalue weighted by Crippen LogP contribution is 2.13. The van der Waals surface area contributed by atoms with Gasteiger partial charge in [0, 0.05) is 14.1 Å². The first-order valence-corrected chi connectivity index (χ1v) is 3.44. The fourth-order valence-corrected chi connectivity index (χ4v) is 0.886. The van der Waals surface area contributed by atoms with Crippen LogP contribution in [0.5, 0.6) is 0 Å². The lowest BCUT2D eigenvalue weighted by Gasteiger charge is -2.12. The number of nitrogens with zero attached hydrogens (tertiary/aromatic N) is 2. The van der Waals surface area contributed by atoms with Gasteiger partial charge in [-0.2, -0.15) is 4.39 Å². The Morgan fingerprint density at radius 1 is 1.50 bits per heavy atom. The van der Waals surface area contributed by atoms with Gasteiger partial charge in [-0.25, -0.2) is 4.98 Å². The molecule has 0 saturated carbocycles. The van der Waals surface area contributed by atoms with Crippen LogP contribution in [-0.4, -0.2) is 25.4 Å². The average Bonchev–Trinajstić information content (AvgIpc) is 2.04. The summed E-state index contributed by atoms with van der Waals surface area (Å²) in [5.41, 5.74) is 0.390. The van der Waals surface area contributed by atoms with Gasteiger partial charge in [-0.3, -0.25) is 4.79 Å². The van der Waals surface area contributed by atoms with Crippen LogP contribution >= 0.6 is 0 Å². The van der Waals surface area contributed by atoms with Gasteiger partial charge in [-0.15, -0.1) is 0 Å². The summed E-state index contributed by atoms with van der Waals surface area (Å²) in [5, 5.41) is 0. The molecule has 0 unspecified atom stereocenters. The van der Waals surface area contributed by atoms with E-state index in [-0.39, 0.29) is 0 Å². The molecule has 1 rings (SSSR count). The molecule has 12 heavy (non-hydrogen) atoms. The summed E-state index contributed by atoms with van der Waals surface area (Å²) in [5.74, 6) is -0.227. The third-order valence-electron chi connectivity index (χ3n) is 1.42. The Kier molecular flexibility index (Phi) is 2.38. The zero-order valence-electron chi connectivity index (χ0n) is 6.91. The van der Waals surface area contributed by atoms with E-state index in [0.29, 0.717) is 17.7 Å². The van der Waals surface area contributed by atoms with Crippen molar-refractivity contribution in [2.45, 2.75) is 0 Å². The second-order valence-electron chi connectivity index (χ2n) is 2.56. The molecule has 0 N–H and O–H groups in total. The molecule has 64 valence electrons. The smallest absolute Gasteiger partial charge is 0.214 e. The predicted octanol–water partition coefficient (Wildman–Crippen LogP) is 1.10. The van der Waals surface area contributed by atoms with E-state index in [1.807, 2.05) is 0 Å². The highest BCUT2D eigenvalue weighted by atomic mass is 19.1. The fourth-order valence-electron chi connectivity index (χ4n) is 0.886. The van der Waals surface area contributed by atoms with E-state index in [9.17, 15) is 9.18 Å². The van der Waals surface area contributed by atoms with Gasteiger partial charge < -0.3 is 4.90 Å². The maximum Gasteiger partial charge on any atom is 0.214 e. The average molecular weight is 168 g/mol. The first-order valence-electron chi connectivity index (χ1n) is 3.44. The molecule has 3 nitrogen and oxygen atoms in total. The lowest BCUT2D eigenvalue weighted by Crippen LogP contribution is -2.13. The molecule has 0 amide bonds. The molecule has 0 spiro atoms. The highest BCUT2D eigenvalue weighted by Gasteiger charge is 2.05. The number of hydrogen-bond acceptors (Lipinski definition) is 3. The lowest BCUT2D eigenvalue weighted by atomic mass is 10.3. The molecule has 1 aromatic heterocycles. The summed E-state index contributed by atoms with van der Waals surface area (Å²) in [7, 11) is 3.41. The SMILES string of the molecule is CN(C)c1nc(F)ccc1C=O. The molecule has 1 aromatic rings. The van der Waals surface area contributed by atoms with Crippen molar-refractivity contribution in [3.05, 3.63) is 23.6 Å². The molecule has 1 heterocycles. The van der Waals surface area contributed by atoms with E-state index in [1.165, 1.54) is 6.07 Å². The Balaban J connectivity index is 3.21. The molecule has 0 aliphatic heterocycles. The predicted molar refractivity (Wildman–Crippen MR) is 43.9 cm³/mol. The quantitative estimate of drug-likeness (QED) is 0.489. The number of carbonyl (C=O) groups is 1. The van der Waals surface area contributed by atoms with Crippen molar-refractivity contribution in [1.29, 1.82) is 0 Å². The Bertz CT molecular complexity index is 299. The van der Waals surface area contributed by atoms with Gasteiger partial charge in [-0.1, -0.05) is 0 Å². The molecule has 0 aliphatic rings. The van der Waals surface area contributed by atoms with Crippen LogP contribution in [0.3, 0.4) is 0 Å². The Hall–Kier alpha value is -1.45. The van der Waals surface area contributed by atoms with Crippen LogP contribution < -0.4 is 4.90 Å². The van der Waals surface area contributed by atoms with E-state index >= 15 is 0 Å². The normalized spacial score (nSPS) is 9.58. The molecule has 0 atom stereocenters. The number of hydrogen-bond donors (Lipinski definition) is 0. The van der Waals surface area contributed by atoms with Gasteiger partial charge in [0.25, 0.3) is 0 Å². The molecular weight excluding hydrogens is 159 g/mol. The summed E-state index contributed by atoms with van der Waals surface area (Å²) in [4.78, 5) is 15.6. The number of aldehydes is 1. The maximum absolute atomic E-state index is 12.6. The Morgan fingerprint density at radius 3 is 2.67 bits per heavy atom. The van der Waals surface area contributed by atoms with Crippen LogP contribution in [0.15, 0.2) is 12.1 Å². The van der Waals surface area contributed by atoms with Gasteiger partial charge >= 0.3 is 0 Å².